The van der Waals surface area contributed by atoms with Gasteiger partial charge in [0.05, 0.1) is 10.7 Å². The molecule has 1 aromatic carbocycles. The predicted octanol–water partition coefficient (Wildman–Crippen LogP) is 2.13. The monoisotopic (exact) mass is 234 g/mol. The fourth-order valence-corrected chi connectivity index (χ4v) is 2.21. The van der Waals surface area contributed by atoms with E-state index in [0.29, 0.717) is 10.7 Å². The highest BCUT2D eigenvalue weighted by Crippen LogP contribution is 2.28. The van der Waals surface area contributed by atoms with Crippen molar-refractivity contribution in [2.45, 2.75) is 19.4 Å². The van der Waals surface area contributed by atoms with Crippen molar-refractivity contribution < 1.29 is 0 Å². The molecule has 1 aliphatic rings. The molecule has 0 saturated heterocycles. The lowest BCUT2D eigenvalue weighted by Gasteiger charge is -2.04. The molecule has 4 nitrogen and oxygen atoms in total. The number of halogens is 1. The Hall–Kier alpha value is -1.55. The summed E-state index contributed by atoms with van der Waals surface area (Å²) in [5.41, 5.74) is 7.24. The molecule has 0 saturated carbocycles. The molecule has 0 unspecified atom stereocenters. The van der Waals surface area contributed by atoms with Crippen LogP contribution in [-0.4, -0.2) is 14.8 Å². The molecule has 0 aliphatic carbocycles. The second-order valence-corrected chi connectivity index (χ2v) is 4.34. The van der Waals surface area contributed by atoms with Crippen LogP contribution in [-0.2, 0) is 13.0 Å². The van der Waals surface area contributed by atoms with Crippen LogP contribution in [0.15, 0.2) is 18.2 Å². The Labute approximate surface area is 98.0 Å². The number of nitrogens with zero attached hydrogens (tertiary/aromatic N) is 3. The Morgan fingerprint density at radius 3 is 3.00 bits per heavy atom. The number of fused-ring (bicyclic) bond motifs is 1. The van der Waals surface area contributed by atoms with Gasteiger partial charge in [0.25, 0.3) is 0 Å². The Bertz CT molecular complexity index is 547. The highest BCUT2D eigenvalue weighted by molar-refractivity contribution is 6.33. The molecular formula is C11H11ClN4. The summed E-state index contributed by atoms with van der Waals surface area (Å²) in [6, 6.07) is 5.57. The molecule has 5 heteroatoms. The lowest BCUT2D eigenvalue weighted by Crippen LogP contribution is -1.96. The molecule has 3 rings (SSSR count). The zero-order valence-electron chi connectivity index (χ0n) is 8.65. The topological polar surface area (TPSA) is 56.7 Å². The molecular weight excluding hydrogens is 224 g/mol. The van der Waals surface area contributed by atoms with Gasteiger partial charge in [-0.1, -0.05) is 11.6 Å². The van der Waals surface area contributed by atoms with Crippen molar-refractivity contribution in [3.8, 4) is 11.4 Å². The van der Waals surface area contributed by atoms with Crippen molar-refractivity contribution >= 4 is 17.3 Å². The van der Waals surface area contributed by atoms with Gasteiger partial charge in [0.2, 0.25) is 0 Å². The van der Waals surface area contributed by atoms with Crippen LogP contribution in [0.25, 0.3) is 11.4 Å². The van der Waals surface area contributed by atoms with Crippen molar-refractivity contribution in [1.29, 1.82) is 0 Å². The van der Waals surface area contributed by atoms with Gasteiger partial charge in [-0.15, -0.1) is 10.2 Å². The molecule has 1 aromatic heterocycles. The fourth-order valence-electron chi connectivity index (χ4n) is 2.03. The van der Waals surface area contributed by atoms with E-state index in [1.165, 1.54) is 0 Å². The normalized spacial score (nSPS) is 14.1. The van der Waals surface area contributed by atoms with Crippen LogP contribution in [0.3, 0.4) is 0 Å². The van der Waals surface area contributed by atoms with Crippen molar-refractivity contribution in [2.24, 2.45) is 0 Å². The Morgan fingerprint density at radius 1 is 1.31 bits per heavy atom. The van der Waals surface area contributed by atoms with Crippen LogP contribution in [0.1, 0.15) is 12.2 Å². The fraction of sp³-hybridized carbons (Fsp3) is 0.273. The zero-order chi connectivity index (χ0) is 11.1. The van der Waals surface area contributed by atoms with Crippen molar-refractivity contribution in [2.75, 3.05) is 5.73 Å². The first-order chi connectivity index (χ1) is 7.75. The SMILES string of the molecule is Nc1ccc(-c2nnc3n2CCC3)cc1Cl. The average molecular weight is 235 g/mol. The minimum atomic E-state index is 0.563. The summed E-state index contributed by atoms with van der Waals surface area (Å²) in [5.74, 6) is 1.94. The largest absolute Gasteiger partial charge is 0.398 e. The number of rotatable bonds is 1. The number of aryl methyl sites for hydroxylation is 1. The molecule has 2 N–H and O–H groups in total. The van der Waals surface area contributed by atoms with Crippen LogP contribution >= 0.6 is 11.6 Å². The molecule has 0 atom stereocenters. The van der Waals surface area contributed by atoms with E-state index in [4.69, 9.17) is 17.3 Å². The van der Waals surface area contributed by atoms with E-state index in [2.05, 4.69) is 14.8 Å². The van der Waals surface area contributed by atoms with Gasteiger partial charge in [-0.3, -0.25) is 0 Å². The first-order valence-electron chi connectivity index (χ1n) is 5.23. The minimum Gasteiger partial charge on any atom is -0.398 e. The Kier molecular flexibility index (Phi) is 2.11. The molecule has 2 heterocycles. The van der Waals surface area contributed by atoms with E-state index < -0.39 is 0 Å². The van der Waals surface area contributed by atoms with Crippen LogP contribution < -0.4 is 5.73 Å². The third-order valence-corrected chi connectivity index (χ3v) is 3.20. The van der Waals surface area contributed by atoms with Gasteiger partial charge in [-0.05, 0) is 24.6 Å². The van der Waals surface area contributed by atoms with Crippen molar-refractivity contribution in [3.63, 3.8) is 0 Å². The van der Waals surface area contributed by atoms with Crippen molar-refractivity contribution in [1.82, 2.24) is 14.8 Å². The highest BCUT2D eigenvalue weighted by atomic mass is 35.5. The summed E-state index contributed by atoms with van der Waals surface area (Å²) in [7, 11) is 0. The van der Waals surface area contributed by atoms with Gasteiger partial charge in [-0.2, -0.15) is 0 Å². The van der Waals surface area contributed by atoms with Gasteiger partial charge in [0.15, 0.2) is 5.82 Å². The molecule has 82 valence electrons. The summed E-state index contributed by atoms with van der Waals surface area (Å²) in [6.07, 6.45) is 2.15. The Morgan fingerprint density at radius 2 is 2.19 bits per heavy atom. The second kappa shape index (κ2) is 3.49. The number of hydrogen-bond acceptors (Lipinski definition) is 3. The van der Waals surface area contributed by atoms with Crippen LogP contribution in [0.2, 0.25) is 5.02 Å². The summed E-state index contributed by atoms with van der Waals surface area (Å²) in [6.45, 7) is 0.986. The van der Waals surface area contributed by atoms with Crippen LogP contribution in [0, 0.1) is 0 Å². The maximum atomic E-state index is 6.00. The van der Waals surface area contributed by atoms with E-state index in [-0.39, 0.29) is 0 Å². The molecule has 0 radical (unpaired) electrons. The number of benzene rings is 1. The van der Waals surface area contributed by atoms with E-state index in [0.717, 1.165) is 36.6 Å². The van der Waals surface area contributed by atoms with E-state index in [9.17, 15) is 0 Å². The predicted molar refractivity (Wildman–Crippen MR) is 63.2 cm³/mol. The summed E-state index contributed by atoms with van der Waals surface area (Å²) in [4.78, 5) is 0. The smallest absolute Gasteiger partial charge is 0.164 e. The molecule has 0 bridgehead atoms. The lowest BCUT2D eigenvalue weighted by atomic mass is 10.2. The lowest BCUT2D eigenvalue weighted by molar-refractivity contribution is 0.748. The molecule has 0 fully saturated rings. The average Bonchev–Trinajstić information content (AvgIpc) is 2.83. The Balaban J connectivity index is 2.11. The summed E-state index contributed by atoms with van der Waals surface area (Å²) < 4.78 is 2.14. The molecule has 0 spiro atoms. The highest BCUT2D eigenvalue weighted by Gasteiger charge is 2.18. The second-order valence-electron chi connectivity index (χ2n) is 3.93. The van der Waals surface area contributed by atoms with Gasteiger partial charge < -0.3 is 10.3 Å². The number of aromatic nitrogens is 3. The summed E-state index contributed by atoms with van der Waals surface area (Å²) in [5, 5.41) is 8.92. The zero-order valence-corrected chi connectivity index (χ0v) is 9.41. The van der Waals surface area contributed by atoms with Crippen molar-refractivity contribution in [3.05, 3.63) is 29.0 Å². The number of nitrogen functional groups attached to an aromatic ring is 1. The van der Waals surface area contributed by atoms with Gasteiger partial charge in [0, 0.05) is 18.5 Å². The maximum absolute atomic E-state index is 6.00. The third-order valence-electron chi connectivity index (χ3n) is 2.87. The quantitative estimate of drug-likeness (QED) is 0.769. The van der Waals surface area contributed by atoms with Crippen LogP contribution in [0.5, 0.6) is 0 Å². The van der Waals surface area contributed by atoms with Crippen LogP contribution in [0.4, 0.5) is 5.69 Å². The first-order valence-corrected chi connectivity index (χ1v) is 5.61. The van der Waals surface area contributed by atoms with Gasteiger partial charge >= 0.3 is 0 Å². The number of anilines is 1. The molecule has 2 aromatic rings. The molecule has 16 heavy (non-hydrogen) atoms. The standard InChI is InChI=1S/C11H11ClN4/c12-8-6-7(3-4-9(8)13)11-15-14-10-2-1-5-16(10)11/h3-4,6H,1-2,5,13H2. The van der Waals surface area contributed by atoms with E-state index in [1.807, 2.05) is 12.1 Å². The number of nitrogens with two attached hydrogens (primary N) is 1. The maximum Gasteiger partial charge on any atom is 0.164 e. The van der Waals surface area contributed by atoms with Gasteiger partial charge in [0.1, 0.15) is 5.82 Å². The van der Waals surface area contributed by atoms with Gasteiger partial charge in [-0.25, -0.2) is 0 Å². The molecule has 0 amide bonds. The minimum absolute atomic E-state index is 0.563. The number of hydrogen-bond donors (Lipinski definition) is 1. The first kappa shape index (κ1) is 9.66. The molecule has 1 aliphatic heterocycles. The third kappa shape index (κ3) is 1.38. The van der Waals surface area contributed by atoms with E-state index in [1.54, 1.807) is 6.07 Å². The van der Waals surface area contributed by atoms with E-state index >= 15 is 0 Å². The summed E-state index contributed by atoms with van der Waals surface area (Å²) >= 11 is 6.00.